The third kappa shape index (κ3) is 2.81. The summed E-state index contributed by atoms with van der Waals surface area (Å²) in [6, 6.07) is 14.0. The zero-order valence-electron chi connectivity index (χ0n) is 12.6. The van der Waals surface area contributed by atoms with Gasteiger partial charge in [-0.1, -0.05) is 24.3 Å². The normalized spacial score (nSPS) is 17.1. The third-order valence-corrected chi connectivity index (χ3v) is 4.65. The summed E-state index contributed by atoms with van der Waals surface area (Å²) in [6.07, 6.45) is 2.32. The largest absolute Gasteiger partial charge is 0.487 e. The van der Waals surface area contributed by atoms with Gasteiger partial charge >= 0.3 is 0 Å². The summed E-state index contributed by atoms with van der Waals surface area (Å²) in [6.45, 7) is 4.18. The molecular formula is C18H20O2S. The van der Waals surface area contributed by atoms with Crippen LogP contribution in [0.2, 0.25) is 0 Å². The van der Waals surface area contributed by atoms with Gasteiger partial charge < -0.3 is 9.84 Å². The van der Waals surface area contributed by atoms with E-state index >= 15 is 0 Å². The average Bonchev–Trinajstić information content (AvgIpc) is 2.79. The van der Waals surface area contributed by atoms with Crippen LogP contribution in [-0.2, 0) is 6.42 Å². The summed E-state index contributed by atoms with van der Waals surface area (Å²) in [7, 11) is 0. The highest BCUT2D eigenvalue weighted by Crippen LogP contribution is 2.38. The number of rotatable bonds is 3. The van der Waals surface area contributed by atoms with Crippen LogP contribution in [0.5, 0.6) is 5.75 Å². The number of ether oxygens (including phenoxy) is 1. The minimum atomic E-state index is -0.595. The Morgan fingerprint density at radius 3 is 2.71 bits per heavy atom. The molecule has 2 aromatic rings. The van der Waals surface area contributed by atoms with Crippen molar-refractivity contribution in [2.24, 2.45) is 0 Å². The number of hydrogen-bond donors (Lipinski definition) is 1. The monoisotopic (exact) mass is 300 g/mol. The predicted molar refractivity (Wildman–Crippen MR) is 87.1 cm³/mol. The lowest BCUT2D eigenvalue weighted by Crippen LogP contribution is -2.24. The van der Waals surface area contributed by atoms with Crippen LogP contribution in [0, 0.1) is 0 Å². The van der Waals surface area contributed by atoms with Crippen LogP contribution in [0.3, 0.4) is 0 Å². The van der Waals surface area contributed by atoms with E-state index < -0.39 is 6.10 Å². The van der Waals surface area contributed by atoms with Crippen LogP contribution in [0.4, 0.5) is 0 Å². The van der Waals surface area contributed by atoms with Crippen molar-refractivity contribution in [3.8, 4) is 5.75 Å². The summed E-state index contributed by atoms with van der Waals surface area (Å²) < 4.78 is 5.89. The highest BCUT2D eigenvalue weighted by molar-refractivity contribution is 7.98. The SMILES string of the molecule is CSc1ccccc1C(O)c1ccc2c(c1)CC(C)(C)O2. The fourth-order valence-electron chi connectivity index (χ4n) is 2.87. The molecule has 3 rings (SSSR count). The van der Waals surface area contributed by atoms with Crippen molar-refractivity contribution in [3.05, 3.63) is 59.2 Å². The lowest BCUT2D eigenvalue weighted by atomic mass is 9.96. The Hall–Kier alpha value is -1.45. The first kappa shape index (κ1) is 14.5. The van der Waals surface area contributed by atoms with Crippen molar-refractivity contribution in [1.29, 1.82) is 0 Å². The first-order chi connectivity index (χ1) is 10.00. The lowest BCUT2D eigenvalue weighted by molar-refractivity contribution is 0.138. The molecule has 1 atom stereocenters. The molecule has 0 radical (unpaired) electrons. The summed E-state index contributed by atoms with van der Waals surface area (Å²) >= 11 is 1.66. The summed E-state index contributed by atoms with van der Waals surface area (Å²) in [5.74, 6) is 0.939. The Morgan fingerprint density at radius 1 is 1.19 bits per heavy atom. The van der Waals surface area contributed by atoms with Crippen LogP contribution in [0.15, 0.2) is 47.4 Å². The minimum absolute atomic E-state index is 0.150. The van der Waals surface area contributed by atoms with Gasteiger partial charge in [-0.2, -0.15) is 0 Å². The number of hydrogen-bond acceptors (Lipinski definition) is 3. The average molecular weight is 300 g/mol. The Kier molecular flexibility index (Phi) is 3.72. The molecule has 3 heteroatoms. The third-order valence-electron chi connectivity index (χ3n) is 3.84. The maximum atomic E-state index is 10.7. The highest BCUT2D eigenvalue weighted by atomic mass is 32.2. The zero-order valence-corrected chi connectivity index (χ0v) is 13.4. The highest BCUT2D eigenvalue weighted by Gasteiger charge is 2.30. The Bertz CT molecular complexity index is 664. The van der Waals surface area contributed by atoms with E-state index in [1.807, 2.05) is 42.7 Å². The van der Waals surface area contributed by atoms with E-state index in [0.29, 0.717) is 0 Å². The van der Waals surface area contributed by atoms with Crippen molar-refractivity contribution >= 4 is 11.8 Å². The minimum Gasteiger partial charge on any atom is -0.487 e. The molecule has 2 aromatic carbocycles. The van der Waals surface area contributed by atoms with E-state index in [2.05, 4.69) is 19.9 Å². The molecule has 0 bridgehead atoms. The van der Waals surface area contributed by atoms with E-state index in [1.165, 1.54) is 5.56 Å². The first-order valence-corrected chi connectivity index (χ1v) is 8.35. The van der Waals surface area contributed by atoms with Gasteiger partial charge in [0.2, 0.25) is 0 Å². The Balaban J connectivity index is 1.95. The van der Waals surface area contributed by atoms with Crippen LogP contribution < -0.4 is 4.74 Å². The van der Waals surface area contributed by atoms with Gasteiger partial charge in [-0.3, -0.25) is 0 Å². The van der Waals surface area contributed by atoms with Gasteiger partial charge in [0.25, 0.3) is 0 Å². The molecule has 0 amide bonds. The van der Waals surface area contributed by atoms with E-state index in [4.69, 9.17) is 4.74 Å². The van der Waals surface area contributed by atoms with Crippen molar-refractivity contribution in [1.82, 2.24) is 0 Å². The molecule has 1 aliphatic rings. The van der Waals surface area contributed by atoms with Gasteiger partial charge in [0, 0.05) is 11.3 Å². The van der Waals surface area contributed by atoms with Crippen molar-refractivity contribution in [3.63, 3.8) is 0 Å². The maximum Gasteiger partial charge on any atom is 0.123 e. The number of aliphatic hydroxyl groups is 1. The van der Waals surface area contributed by atoms with Crippen molar-refractivity contribution in [2.75, 3.05) is 6.26 Å². The Morgan fingerprint density at radius 2 is 1.95 bits per heavy atom. The smallest absolute Gasteiger partial charge is 0.123 e. The fraction of sp³-hybridized carbons (Fsp3) is 0.333. The second-order valence-electron chi connectivity index (χ2n) is 6.05. The predicted octanol–water partition coefficient (Wildman–Crippen LogP) is 4.20. The maximum absolute atomic E-state index is 10.7. The molecule has 110 valence electrons. The fourth-order valence-corrected chi connectivity index (χ4v) is 3.50. The molecular weight excluding hydrogens is 280 g/mol. The molecule has 0 spiro atoms. The first-order valence-electron chi connectivity index (χ1n) is 7.13. The number of aliphatic hydroxyl groups excluding tert-OH is 1. The molecule has 1 heterocycles. The molecule has 1 N–H and O–H groups in total. The molecule has 0 fully saturated rings. The van der Waals surface area contributed by atoms with Crippen molar-refractivity contribution < 1.29 is 9.84 Å². The van der Waals surface area contributed by atoms with E-state index in [0.717, 1.165) is 28.2 Å². The van der Waals surface area contributed by atoms with Crippen LogP contribution in [-0.4, -0.2) is 17.0 Å². The van der Waals surface area contributed by atoms with Gasteiger partial charge in [-0.25, -0.2) is 0 Å². The quantitative estimate of drug-likeness (QED) is 0.861. The van der Waals surface area contributed by atoms with Gasteiger partial charge in [0.15, 0.2) is 0 Å². The molecule has 0 aromatic heterocycles. The van der Waals surface area contributed by atoms with E-state index in [-0.39, 0.29) is 5.60 Å². The van der Waals surface area contributed by atoms with Crippen LogP contribution >= 0.6 is 11.8 Å². The van der Waals surface area contributed by atoms with E-state index in [9.17, 15) is 5.11 Å². The summed E-state index contributed by atoms with van der Waals surface area (Å²) in [5, 5.41) is 10.7. The Labute approximate surface area is 130 Å². The standard InChI is InChI=1S/C18H20O2S/c1-18(2)11-13-10-12(8-9-15(13)20-18)17(19)14-6-4-5-7-16(14)21-3/h4-10,17,19H,11H2,1-3H3. The summed E-state index contributed by atoms with van der Waals surface area (Å²) in [5.41, 5.74) is 2.92. The second kappa shape index (κ2) is 5.39. The molecule has 2 nitrogen and oxygen atoms in total. The van der Waals surface area contributed by atoms with Crippen molar-refractivity contribution in [2.45, 2.75) is 36.9 Å². The molecule has 0 saturated carbocycles. The van der Waals surface area contributed by atoms with Gasteiger partial charge in [0.05, 0.1) is 0 Å². The molecule has 0 saturated heterocycles. The van der Waals surface area contributed by atoms with E-state index in [1.54, 1.807) is 11.8 Å². The molecule has 1 unspecified atom stereocenters. The van der Waals surface area contributed by atoms with Crippen LogP contribution in [0.1, 0.15) is 36.6 Å². The topological polar surface area (TPSA) is 29.5 Å². The van der Waals surface area contributed by atoms with Gasteiger partial charge in [-0.05, 0) is 55.0 Å². The van der Waals surface area contributed by atoms with Gasteiger partial charge in [-0.15, -0.1) is 11.8 Å². The van der Waals surface area contributed by atoms with Crippen LogP contribution in [0.25, 0.3) is 0 Å². The number of benzene rings is 2. The summed E-state index contributed by atoms with van der Waals surface area (Å²) in [4.78, 5) is 1.11. The van der Waals surface area contributed by atoms with Gasteiger partial charge in [0.1, 0.15) is 17.5 Å². The molecule has 0 aliphatic carbocycles. The number of fused-ring (bicyclic) bond motifs is 1. The zero-order chi connectivity index (χ0) is 15.0. The number of thioether (sulfide) groups is 1. The second-order valence-corrected chi connectivity index (χ2v) is 6.90. The molecule has 21 heavy (non-hydrogen) atoms. The molecule has 1 aliphatic heterocycles. The lowest BCUT2D eigenvalue weighted by Gasteiger charge is -2.16.